The molecule has 4 bridgehead atoms. The van der Waals surface area contributed by atoms with Crippen LogP contribution in [-0.2, 0) is 9.59 Å². The van der Waals surface area contributed by atoms with Crippen LogP contribution < -0.4 is 5.32 Å². The molecule has 4 saturated carbocycles. The van der Waals surface area contributed by atoms with Crippen LogP contribution in [0.5, 0.6) is 0 Å². The van der Waals surface area contributed by atoms with E-state index in [9.17, 15) is 9.59 Å². The van der Waals surface area contributed by atoms with Gasteiger partial charge >= 0.3 is 0 Å². The summed E-state index contributed by atoms with van der Waals surface area (Å²) in [5, 5.41) is 11.9. The summed E-state index contributed by atoms with van der Waals surface area (Å²) in [6, 6.07) is 1.93. The summed E-state index contributed by atoms with van der Waals surface area (Å²) in [7, 11) is 0. The molecule has 0 aromatic carbocycles. The first-order valence-electron chi connectivity index (χ1n) is 10.0. The van der Waals surface area contributed by atoms with E-state index in [0.29, 0.717) is 11.8 Å². The van der Waals surface area contributed by atoms with Gasteiger partial charge in [0.1, 0.15) is 6.42 Å². The first-order valence-corrected chi connectivity index (χ1v) is 10.0. The molecular formula is C20H29N3O2. The number of piperidine rings is 1. The molecule has 1 aliphatic heterocycles. The van der Waals surface area contributed by atoms with Crippen molar-refractivity contribution in [1.29, 1.82) is 5.26 Å². The van der Waals surface area contributed by atoms with Gasteiger partial charge in [-0.05, 0) is 75.0 Å². The van der Waals surface area contributed by atoms with E-state index in [1.807, 2.05) is 6.07 Å². The lowest BCUT2D eigenvalue weighted by Crippen LogP contribution is -2.54. The molecule has 0 atom stereocenters. The summed E-state index contributed by atoms with van der Waals surface area (Å²) in [4.78, 5) is 26.5. The van der Waals surface area contributed by atoms with Crippen LogP contribution in [0.3, 0.4) is 0 Å². The molecule has 1 saturated heterocycles. The number of hydrogen-bond donors (Lipinski definition) is 1. The molecule has 5 fully saturated rings. The van der Waals surface area contributed by atoms with Gasteiger partial charge in [-0.1, -0.05) is 0 Å². The van der Waals surface area contributed by atoms with Crippen LogP contribution in [-0.4, -0.2) is 36.3 Å². The van der Waals surface area contributed by atoms with E-state index in [1.165, 1.54) is 19.3 Å². The Labute approximate surface area is 150 Å². The standard InChI is InChI=1S/C20H29N3O2/c21-4-1-18(24)23-5-2-14(3-6-23)13-22-19(25)20-10-15-7-16(11-20)9-17(8-15)12-20/h14-17H,1-3,5-13H2,(H,22,25). The van der Waals surface area contributed by atoms with Gasteiger partial charge in [0, 0.05) is 25.0 Å². The molecule has 5 nitrogen and oxygen atoms in total. The molecular weight excluding hydrogens is 314 g/mol. The minimum absolute atomic E-state index is 0.0204. The number of hydrogen-bond acceptors (Lipinski definition) is 3. The number of nitrogens with one attached hydrogen (secondary N) is 1. The van der Waals surface area contributed by atoms with Crippen molar-refractivity contribution in [3.63, 3.8) is 0 Å². The maximum Gasteiger partial charge on any atom is 0.236 e. The number of nitrogens with zero attached hydrogens (tertiary/aromatic N) is 2. The average Bonchev–Trinajstić information content (AvgIpc) is 2.59. The largest absolute Gasteiger partial charge is 0.355 e. The Bertz CT molecular complexity index is 551. The summed E-state index contributed by atoms with van der Waals surface area (Å²) in [5.74, 6) is 3.11. The molecule has 0 unspecified atom stereocenters. The lowest BCUT2D eigenvalue weighted by molar-refractivity contribution is -0.146. The summed E-state index contributed by atoms with van der Waals surface area (Å²) in [6.07, 6.45) is 9.28. The lowest BCUT2D eigenvalue weighted by atomic mass is 9.49. The fraction of sp³-hybridized carbons (Fsp3) is 0.850. The van der Waals surface area contributed by atoms with Crippen molar-refractivity contribution in [2.24, 2.45) is 29.1 Å². The van der Waals surface area contributed by atoms with E-state index in [4.69, 9.17) is 5.26 Å². The van der Waals surface area contributed by atoms with Gasteiger partial charge in [-0.3, -0.25) is 9.59 Å². The van der Waals surface area contributed by atoms with Crippen LogP contribution in [0.15, 0.2) is 0 Å². The summed E-state index contributed by atoms with van der Waals surface area (Å²) >= 11 is 0. The molecule has 5 heteroatoms. The summed E-state index contributed by atoms with van der Waals surface area (Å²) in [6.45, 7) is 2.19. The molecule has 0 spiro atoms. The monoisotopic (exact) mass is 343 g/mol. The molecule has 0 radical (unpaired) electrons. The number of rotatable bonds is 4. The molecule has 1 N–H and O–H groups in total. The molecule has 25 heavy (non-hydrogen) atoms. The van der Waals surface area contributed by atoms with Gasteiger partial charge in [-0.15, -0.1) is 0 Å². The topological polar surface area (TPSA) is 73.2 Å². The second-order valence-corrected chi connectivity index (χ2v) is 9.07. The van der Waals surface area contributed by atoms with Crippen molar-refractivity contribution in [2.75, 3.05) is 19.6 Å². The molecule has 4 aliphatic carbocycles. The van der Waals surface area contributed by atoms with Crippen LogP contribution in [0.2, 0.25) is 0 Å². The van der Waals surface area contributed by atoms with E-state index in [-0.39, 0.29) is 17.7 Å². The fourth-order valence-electron chi connectivity index (χ4n) is 6.38. The van der Waals surface area contributed by atoms with Crippen molar-refractivity contribution in [1.82, 2.24) is 10.2 Å². The van der Waals surface area contributed by atoms with Crippen LogP contribution >= 0.6 is 0 Å². The van der Waals surface area contributed by atoms with Crippen molar-refractivity contribution in [2.45, 2.75) is 57.8 Å². The van der Waals surface area contributed by atoms with Crippen LogP contribution in [0, 0.1) is 40.4 Å². The number of likely N-dealkylation sites (tertiary alicyclic amines) is 1. The smallest absolute Gasteiger partial charge is 0.236 e. The first kappa shape index (κ1) is 16.9. The SMILES string of the molecule is N#CCC(=O)N1CCC(CNC(=O)C23CC4CC(CC(C4)C2)C3)CC1. The quantitative estimate of drug-likeness (QED) is 0.852. The highest BCUT2D eigenvalue weighted by molar-refractivity contribution is 5.83. The Morgan fingerprint density at radius 1 is 1.04 bits per heavy atom. The van der Waals surface area contributed by atoms with Crippen LogP contribution in [0.1, 0.15) is 57.8 Å². The highest BCUT2D eigenvalue weighted by Gasteiger charge is 2.54. The average molecular weight is 343 g/mol. The zero-order valence-electron chi connectivity index (χ0n) is 15.0. The third kappa shape index (κ3) is 3.28. The molecule has 0 aromatic heterocycles. The van der Waals surface area contributed by atoms with Gasteiger partial charge in [-0.25, -0.2) is 0 Å². The zero-order valence-corrected chi connectivity index (χ0v) is 15.0. The maximum absolute atomic E-state index is 13.0. The molecule has 1 heterocycles. The van der Waals surface area contributed by atoms with Gasteiger partial charge in [0.2, 0.25) is 11.8 Å². The van der Waals surface area contributed by atoms with E-state index in [2.05, 4.69) is 5.32 Å². The van der Waals surface area contributed by atoms with Gasteiger partial charge in [0.05, 0.1) is 6.07 Å². The van der Waals surface area contributed by atoms with Gasteiger partial charge < -0.3 is 10.2 Å². The van der Waals surface area contributed by atoms with E-state index in [0.717, 1.165) is 69.5 Å². The molecule has 5 rings (SSSR count). The predicted octanol–water partition coefficient (Wildman–Crippen LogP) is 2.47. The van der Waals surface area contributed by atoms with Crippen molar-refractivity contribution in [3.8, 4) is 6.07 Å². The zero-order chi connectivity index (χ0) is 17.4. The van der Waals surface area contributed by atoms with Gasteiger partial charge in [0.15, 0.2) is 0 Å². The van der Waals surface area contributed by atoms with Crippen LogP contribution in [0.25, 0.3) is 0 Å². The van der Waals surface area contributed by atoms with Crippen LogP contribution in [0.4, 0.5) is 0 Å². The Morgan fingerprint density at radius 3 is 2.12 bits per heavy atom. The molecule has 0 aromatic rings. The minimum Gasteiger partial charge on any atom is -0.355 e. The van der Waals surface area contributed by atoms with Crippen molar-refractivity contribution in [3.05, 3.63) is 0 Å². The van der Waals surface area contributed by atoms with Crippen molar-refractivity contribution >= 4 is 11.8 Å². The normalized spacial score (nSPS) is 36.9. The highest BCUT2D eigenvalue weighted by atomic mass is 16.2. The van der Waals surface area contributed by atoms with Gasteiger partial charge in [0.25, 0.3) is 0 Å². The molecule has 136 valence electrons. The van der Waals surface area contributed by atoms with Crippen molar-refractivity contribution < 1.29 is 9.59 Å². The Kier molecular flexibility index (Phi) is 4.47. The van der Waals surface area contributed by atoms with Gasteiger partial charge in [-0.2, -0.15) is 5.26 Å². The molecule has 2 amide bonds. The second-order valence-electron chi connectivity index (χ2n) is 9.07. The Balaban J connectivity index is 1.26. The van der Waals surface area contributed by atoms with E-state index in [1.54, 1.807) is 4.90 Å². The van der Waals surface area contributed by atoms with E-state index >= 15 is 0 Å². The Morgan fingerprint density at radius 2 is 1.60 bits per heavy atom. The minimum atomic E-state index is -0.0573. The third-order valence-electron chi connectivity index (χ3n) is 7.27. The fourth-order valence-corrected chi connectivity index (χ4v) is 6.38. The lowest BCUT2D eigenvalue weighted by Gasteiger charge is -2.55. The first-order chi connectivity index (χ1) is 12.1. The number of carbonyl (C=O) groups excluding carboxylic acids is 2. The number of nitriles is 1. The van der Waals surface area contributed by atoms with E-state index < -0.39 is 0 Å². The second kappa shape index (κ2) is 6.63. The Hall–Kier alpha value is -1.57. The number of carbonyl (C=O) groups is 2. The molecule has 5 aliphatic rings. The predicted molar refractivity (Wildman–Crippen MR) is 93.1 cm³/mol. The number of amides is 2. The summed E-state index contributed by atoms with van der Waals surface area (Å²) < 4.78 is 0. The highest BCUT2D eigenvalue weighted by Crippen LogP contribution is 2.60. The summed E-state index contributed by atoms with van der Waals surface area (Å²) in [5.41, 5.74) is -0.0573. The maximum atomic E-state index is 13.0. The third-order valence-corrected chi connectivity index (χ3v) is 7.27.